The van der Waals surface area contributed by atoms with Crippen molar-refractivity contribution in [2.75, 3.05) is 32.7 Å². The molecule has 6 heterocycles. The van der Waals surface area contributed by atoms with Crippen LogP contribution in [0.3, 0.4) is 0 Å². The van der Waals surface area contributed by atoms with Crippen LogP contribution in [0.4, 0.5) is 10.5 Å². The van der Waals surface area contributed by atoms with E-state index in [-0.39, 0.29) is 42.4 Å². The summed E-state index contributed by atoms with van der Waals surface area (Å²) in [4.78, 5) is 49.3. The average Bonchev–Trinajstić information content (AvgIpc) is 3.53. The van der Waals surface area contributed by atoms with Crippen LogP contribution in [-0.2, 0) is 34.7 Å². The highest BCUT2D eigenvalue weighted by Crippen LogP contribution is 2.40. The number of hydrogen-bond donors (Lipinski definition) is 1. The van der Waals surface area contributed by atoms with E-state index >= 15 is 0 Å². The Hall–Kier alpha value is -4.94. The standard InChI is InChI=1S/C39H42N6O6/c1-2-39(49)31-22-33-35-25(23-45(33)36(46)30(31)24-50-37(39)47)21-29-28(13-16-40-42-26-9-5-3-6-10-26)34(12-11-32(29)41-35)51-38(48)44-19-14-27(15-20-44)43-17-7-4-8-18-43/h3,5-6,9-12,21-22,27,49H,2,4,7-8,13-20,23-24H2,1H3/t39-/m0/s1. The van der Waals surface area contributed by atoms with Gasteiger partial charge in [0.15, 0.2) is 5.60 Å². The van der Waals surface area contributed by atoms with Gasteiger partial charge in [0.25, 0.3) is 5.56 Å². The monoisotopic (exact) mass is 690 g/mol. The van der Waals surface area contributed by atoms with Crippen LogP contribution in [0.15, 0.2) is 69.6 Å². The maximum atomic E-state index is 13.7. The minimum Gasteiger partial charge on any atom is -0.458 e. The van der Waals surface area contributed by atoms with Crippen LogP contribution in [0.25, 0.3) is 22.3 Å². The molecule has 12 heteroatoms. The summed E-state index contributed by atoms with van der Waals surface area (Å²) in [6.07, 6.45) is 5.83. The number of aromatic nitrogens is 2. The molecular weight excluding hydrogens is 648 g/mol. The number of ether oxygens (including phenoxy) is 2. The number of benzene rings is 2. The Morgan fingerprint density at radius 2 is 1.82 bits per heavy atom. The first-order valence-electron chi connectivity index (χ1n) is 18.1. The molecule has 12 nitrogen and oxygen atoms in total. The van der Waals surface area contributed by atoms with E-state index in [0.29, 0.717) is 54.8 Å². The number of pyridine rings is 2. The molecule has 0 saturated carbocycles. The summed E-state index contributed by atoms with van der Waals surface area (Å²) < 4.78 is 13.0. The molecule has 0 unspecified atom stereocenters. The molecule has 264 valence electrons. The van der Waals surface area contributed by atoms with Crippen LogP contribution < -0.4 is 10.3 Å². The summed E-state index contributed by atoms with van der Waals surface area (Å²) >= 11 is 0. The molecule has 2 saturated heterocycles. The van der Waals surface area contributed by atoms with E-state index in [1.54, 1.807) is 28.5 Å². The number of rotatable bonds is 7. The van der Waals surface area contributed by atoms with E-state index < -0.39 is 11.6 Å². The summed E-state index contributed by atoms with van der Waals surface area (Å²) in [6.45, 7) is 5.72. The van der Waals surface area contributed by atoms with Gasteiger partial charge in [0.05, 0.1) is 41.2 Å². The second-order valence-electron chi connectivity index (χ2n) is 13.9. The van der Waals surface area contributed by atoms with Crippen molar-refractivity contribution in [3.8, 4) is 17.1 Å². The first kappa shape index (κ1) is 33.2. The van der Waals surface area contributed by atoms with Crippen LogP contribution in [0.1, 0.15) is 67.7 Å². The number of likely N-dealkylation sites (tertiary alicyclic amines) is 2. The molecule has 0 radical (unpaired) electrons. The minimum atomic E-state index is -1.90. The molecule has 8 rings (SSSR count). The zero-order valence-corrected chi connectivity index (χ0v) is 28.8. The number of cyclic esters (lactones) is 1. The lowest BCUT2D eigenvalue weighted by molar-refractivity contribution is -0.172. The molecule has 1 amide bonds. The van der Waals surface area contributed by atoms with Gasteiger partial charge in [0.1, 0.15) is 12.4 Å². The topological polar surface area (TPSA) is 139 Å². The third kappa shape index (κ3) is 6.10. The third-order valence-electron chi connectivity index (χ3n) is 11.0. The van der Waals surface area contributed by atoms with Gasteiger partial charge < -0.3 is 28.9 Å². The fourth-order valence-corrected chi connectivity index (χ4v) is 8.09. The molecule has 4 aliphatic heterocycles. The lowest BCUT2D eigenvalue weighted by atomic mass is 9.86. The van der Waals surface area contributed by atoms with Gasteiger partial charge in [-0.15, -0.1) is 0 Å². The Morgan fingerprint density at radius 3 is 2.59 bits per heavy atom. The van der Waals surface area contributed by atoms with E-state index in [9.17, 15) is 19.5 Å². The zero-order valence-electron chi connectivity index (χ0n) is 28.8. The lowest BCUT2D eigenvalue weighted by Crippen LogP contribution is -2.48. The van der Waals surface area contributed by atoms with Crippen LogP contribution in [0.5, 0.6) is 5.75 Å². The summed E-state index contributed by atoms with van der Waals surface area (Å²) in [7, 11) is 0. The molecule has 1 atom stereocenters. The Kier molecular flexibility index (Phi) is 8.89. The molecule has 2 aromatic carbocycles. The Bertz CT molecular complexity index is 2080. The molecule has 0 aliphatic carbocycles. The number of carbonyl (C=O) groups excluding carboxylic acids is 2. The van der Waals surface area contributed by atoms with Gasteiger partial charge >= 0.3 is 12.1 Å². The fourth-order valence-electron chi connectivity index (χ4n) is 8.09. The normalized spacial score (nSPS) is 20.7. The summed E-state index contributed by atoms with van der Waals surface area (Å²) in [5, 5.41) is 20.8. The molecule has 2 fully saturated rings. The van der Waals surface area contributed by atoms with Crippen molar-refractivity contribution >= 4 is 28.7 Å². The Labute approximate surface area is 295 Å². The molecule has 0 bridgehead atoms. The van der Waals surface area contributed by atoms with Crippen LogP contribution in [-0.4, -0.2) is 75.3 Å². The van der Waals surface area contributed by atoms with E-state index in [2.05, 4.69) is 15.1 Å². The second kappa shape index (κ2) is 13.6. The minimum absolute atomic E-state index is 0.0721. The quantitative estimate of drug-likeness (QED) is 0.166. The van der Waals surface area contributed by atoms with Crippen LogP contribution >= 0.6 is 0 Å². The van der Waals surface area contributed by atoms with Crippen molar-refractivity contribution in [3.05, 3.63) is 87.2 Å². The van der Waals surface area contributed by atoms with Crippen LogP contribution in [0, 0.1) is 0 Å². The van der Waals surface area contributed by atoms with Crippen molar-refractivity contribution < 1.29 is 24.2 Å². The largest absolute Gasteiger partial charge is 0.458 e. The van der Waals surface area contributed by atoms with Gasteiger partial charge in [-0.1, -0.05) is 31.5 Å². The van der Waals surface area contributed by atoms with Crippen molar-refractivity contribution in [2.45, 2.75) is 76.7 Å². The smallest absolute Gasteiger partial charge is 0.415 e. The summed E-state index contributed by atoms with van der Waals surface area (Å²) in [6, 6.07) is 17.4. The molecule has 2 aromatic heterocycles. The predicted octanol–water partition coefficient (Wildman–Crippen LogP) is 5.86. The number of nitrogens with zero attached hydrogens (tertiary/aromatic N) is 6. The number of piperidine rings is 2. The maximum absolute atomic E-state index is 13.7. The van der Waals surface area contributed by atoms with Gasteiger partial charge in [-0.25, -0.2) is 14.6 Å². The molecule has 1 N–H and O–H groups in total. The Balaban J connectivity index is 1.11. The lowest BCUT2D eigenvalue weighted by Gasteiger charge is -2.39. The van der Waals surface area contributed by atoms with E-state index in [4.69, 9.17) is 14.5 Å². The predicted molar refractivity (Wildman–Crippen MR) is 190 cm³/mol. The van der Waals surface area contributed by atoms with Crippen molar-refractivity contribution in [1.29, 1.82) is 0 Å². The van der Waals surface area contributed by atoms with Gasteiger partial charge in [0, 0.05) is 41.2 Å². The number of hydrogen-bond acceptors (Lipinski definition) is 10. The fraction of sp³-hybridized carbons (Fsp3) is 0.436. The SMILES string of the molecule is CC[C@@]1(O)C(=O)OCc2c1cc1n(c2=O)Cc2cc3c(CCN=Nc4ccccc4)c(OC(=O)N4CCC(N5CCCCC5)CC4)ccc3nc2-1. The molecule has 0 spiro atoms. The van der Waals surface area contributed by atoms with Gasteiger partial charge in [-0.05, 0) is 88.0 Å². The number of azo groups is 1. The van der Waals surface area contributed by atoms with Gasteiger partial charge in [-0.3, -0.25) is 4.79 Å². The van der Waals surface area contributed by atoms with E-state index in [0.717, 1.165) is 48.1 Å². The van der Waals surface area contributed by atoms with E-state index in [1.165, 1.54) is 19.3 Å². The Morgan fingerprint density at radius 1 is 1.04 bits per heavy atom. The van der Waals surface area contributed by atoms with Crippen molar-refractivity contribution in [3.63, 3.8) is 0 Å². The van der Waals surface area contributed by atoms with E-state index in [1.807, 2.05) is 42.5 Å². The number of carbonyl (C=O) groups is 2. The second-order valence-corrected chi connectivity index (χ2v) is 13.9. The number of amides is 1. The third-order valence-corrected chi connectivity index (χ3v) is 11.0. The van der Waals surface area contributed by atoms with Crippen molar-refractivity contribution in [2.24, 2.45) is 10.2 Å². The summed E-state index contributed by atoms with van der Waals surface area (Å²) in [5.41, 5.74) is 2.50. The first-order chi connectivity index (χ1) is 24.8. The van der Waals surface area contributed by atoms with Crippen molar-refractivity contribution in [1.82, 2.24) is 19.4 Å². The molecule has 4 aliphatic rings. The molecule has 4 aromatic rings. The highest BCUT2D eigenvalue weighted by atomic mass is 16.6. The summed E-state index contributed by atoms with van der Waals surface area (Å²) in [5.74, 6) is -0.303. The molecule has 51 heavy (non-hydrogen) atoms. The maximum Gasteiger partial charge on any atom is 0.415 e. The zero-order chi connectivity index (χ0) is 35.1. The average molecular weight is 691 g/mol. The van der Waals surface area contributed by atoms with Gasteiger partial charge in [0.2, 0.25) is 0 Å². The number of fused-ring (bicyclic) bond motifs is 5. The highest BCUT2D eigenvalue weighted by molar-refractivity contribution is 5.90. The van der Waals surface area contributed by atoms with Crippen LogP contribution in [0.2, 0.25) is 0 Å². The number of aliphatic hydroxyl groups is 1. The van der Waals surface area contributed by atoms with Gasteiger partial charge in [-0.2, -0.15) is 10.2 Å². The number of esters is 1. The first-order valence-corrected chi connectivity index (χ1v) is 18.1. The highest BCUT2D eigenvalue weighted by Gasteiger charge is 2.45. The molecular formula is C39H42N6O6.